The molecule has 3 aromatic rings. The normalized spacial score (nSPS) is 12.9. The molecule has 0 spiro atoms. The molecule has 14 nitrogen and oxygen atoms in total. The van der Waals surface area contributed by atoms with Crippen LogP contribution in [-0.2, 0) is 43.2 Å². The van der Waals surface area contributed by atoms with Gasteiger partial charge in [0.15, 0.2) is 0 Å². The molecule has 0 saturated carbocycles. The number of carbonyl (C=O) groups excluding carboxylic acids is 2. The standard InChI is InChI=1S/C26H26N3O11P/c30-25(38-16-20-6-10-22(11-7-20)28(32)33)24(27-26(31)39-17-19-4-2-1-3-5-19)14-15-41(36,37)40-18-21-8-12-23(13-9-21)29(34)35/h1-13,24H,14-18H2,(H,27,31)(H,36,37). The molecule has 0 heterocycles. The van der Waals surface area contributed by atoms with Gasteiger partial charge in [0.2, 0.25) is 0 Å². The van der Waals surface area contributed by atoms with Crippen LogP contribution in [0.5, 0.6) is 0 Å². The molecule has 2 unspecified atom stereocenters. The second kappa shape index (κ2) is 14.7. The van der Waals surface area contributed by atoms with Crippen molar-refractivity contribution in [2.24, 2.45) is 0 Å². The molecule has 41 heavy (non-hydrogen) atoms. The summed E-state index contributed by atoms with van der Waals surface area (Å²) in [6.45, 7) is -0.691. The fraction of sp³-hybridized carbons (Fsp3) is 0.231. The summed E-state index contributed by atoms with van der Waals surface area (Å²) < 4.78 is 28.1. The van der Waals surface area contributed by atoms with E-state index in [4.69, 9.17) is 14.0 Å². The average Bonchev–Trinajstić information content (AvgIpc) is 2.97. The maximum absolute atomic E-state index is 12.8. The van der Waals surface area contributed by atoms with Crippen LogP contribution in [0.2, 0.25) is 0 Å². The number of nitrogens with one attached hydrogen (secondary N) is 1. The average molecular weight is 587 g/mol. The highest BCUT2D eigenvalue weighted by Gasteiger charge is 2.28. The third-order valence-electron chi connectivity index (χ3n) is 5.60. The van der Waals surface area contributed by atoms with Crippen molar-refractivity contribution < 1.29 is 42.9 Å². The van der Waals surface area contributed by atoms with Crippen LogP contribution in [0.1, 0.15) is 23.1 Å². The Morgan fingerprint density at radius 1 is 0.780 bits per heavy atom. The molecular formula is C26H26N3O11P. The van der Waals surface area contributed by atoms with E-state index in [1.807, 2.05) is 0 Å². The first kappa shape index (κ1) is 30.9. The Morgan fingerprint density at radius 3 is 1.80 bits per heavy atom. The van der Waals surface area contributed by atoms with Gasteiger partial charge in [-0.3, -0.25) is 24.8 Å². The Bertz CT molecular complexity index is 1400. The fourth-order valence-corrected chi connectivity index (χ4v) is 4.44. The number of nitro benzene ring substituents is 2. The number of nitro groups is 2. The molecule has 15 heteroatoms. The van der Waals surface area contributed by atoms with Gasteiger partial charge < -0.3 is 24.2 Å². The van der Waals surface area contributed by atoms with E-state index in [2.05, 4.69) is 5.32 Å². The first-order chi connectivity index (χ1) is 19.5. The van der Waals surface area contributed by atoms with Gasteiger partial charge in [-0.15, -0.1) is 0 Å². The molecule has 2 atom stereocenters. The predicted octanol–water partition coefficient (Wildman–Crippen LogP) is 4.63. The van der Waals surface area contributed by atoms with Crippen LogP contribution in [0.15, 0.2) is 78.9 Å². The second-order valence-corrected chi connectivity index (χ2v) is 10.6. The van der Waals surface area contributed by atoms with Crippen LogP contribution in [0.3, 0.4) is 0 Å². The number of esters is 1. The molecule has 0 aliphatic carbocycles. The molecule has 3 rings (SSSR count). The van der Waals surface area contributed by atoms with Gasteiger partial charge >= 0.3 is 19.7 Å². The highest BCUT2D eigenvalue weighted by Crippen LogP contribution is 2.43. The number of nitrogens with zero attached hydrogens (tertiary/aromatic N) is 2. The smallest absolute Gasteiger partial charge is 0.408 e. The van der Waals surface area contributed by atoms with Crippen molar-refractivity contribution in [3.05, 3.63) is 116 Å². The van der Waals surface area contributed by atoms with Crippen LogP contribution in [0, 0.1) is 20.2 Å². The van der Waals surface area contributed by atoms with E-state index in [-0.39, 0.29) is 37.6 Å². The van der Waals surface area contributed by atoms with Gasteiger partial charge in [-0.1, -0.05) is 30.3 Å². The summed E-state index contributed by atoms with van der Waals surface area (Å²) in [4.78, 5) is 55.9. The molecule has 0 bridgehead atoms. The molecule has 0 aliphatic rings. The number of hydrogen-bond acceptors (Lipinski definition) is 10. The molecule has 1 amide bonds. The molecule has 0 aliphatic heterocycles. The van der Waals surface area contributed by atoms with Crippen LogP contribution in [0.4, 0.5) is 16.2 Å². The van der Waals surface area contributed by atoms with Crippen LogP contribution < -0.4 is 5.32 Å². The Balaban J connectivity index is 1.60. The first-order valence-electron chi connectivity index (χ1n) is 12.1. The third kappa shape index (κ3) is 10.4. The molecule has 0 aromatic heterocycles. The van der Waals surface area contributed by atoms with Crippen molar-refractivity contribution in [2.45, 2.75) is 32.3 Å². The number of amides is 1. The number of hydrogen-bond donors (Lipinski definition) is 2. The first-order valence-corrected chi connectivity index (χ1v) is 13.9. The van der Waals surface area contributed by atoms with Crippen LogP contribution >= 0.6 is 7.60 Å². The van der Waals surface area contributed by atoms with Crippen molar-refractivity contribution in [3.8, 4) is 0 Å². The maximum atomic E-state index is 12.8. The number of carbonyl (C=O) groups is 2. The number of rotatable bonds is 14. The Labute approximate surface area is 233 Å². The molecule has 2 N–H and O–H groups in total. The van der Waals surface area contributed by atoms with Gasteiger partial charge in [0, 0.05) is 24.3 Å². The maximum Gasteiger partial charge on any atom is 0.408 e. The summed E-state index contributed by atoms with van der Waals surface area (Å²) in [6.07, 6.45) is -1.87. The van der Waals surface area contributed by atoms with Gasteiger partial charge in [-0.2, -0.15) is 0 Å². The predicted molar refractivity (Wildman–Crippen MR) is 144 cm³/mol. The minimum absolute atomic E-state index is 0.0892. The SMILES string of the molecule is O=C(NC(CCP(=O)(O)OCc1ccc([N+](=O)[O-])cc1)C(=O)OCc1ccc([N+](=O)[O-])cc1)OCc1ccccc1. The van der Waals surface area contributed by atoms with Crippen LogP contribution in [0.25, 0.3) is 0 Å². The lowest BCUT2D eigenvalue weighted by molar-refractivity contribution is -0.385. The number of benzene rings is 3. The van der Waals surface area contributed by atoms with Gasteiger partial charge in [0.25, 0.3) is 11.4 Å². The van der Waals surface area contributed by atoms with Gasteiger partial charge in [-0.25, -0.2) is 9.59 Å². The van der Waals surface area contributed by atoms with Gasteiger partial charge in [-0.05, 0) is 47.4 Å². The largest absolute Gasteiger partial charge is 0.459 e. The third-order valence-corrected chi connectivity index (χ3v) is 6.95. The van der Waals surface area contributed by atoms with E-state index in [1.54, 1.807) is 30.3 Å². The number of alkyl carbamates (subject to hydrolysis) is 1. The Kier molecular flexibility index (Phi) is 11.0. The molecule has 0 fully saturated rings. The van der Waals surface area contributed by atoms with Crippen molar-refractivity contribution in [1.29, 1.82) is 0 Å². The monoisotopic (exact) mass is 587 g/mol. The Morgan fingerprint density at radius 2 is 1.27 bits per heavy atom. The Hall–Kier alpha value is -4.65. The van der Waals surface area contributed by atoms with Gasteiger partial charge in [0.1, 0.15) is 19.3 Å². The summed E-state index contributed by atoms with van der Waals surface area (Å²) >= 11 is 0. The van der Waals surface area contributed by atoms with Crippen molar-refractivity contribution in [1.82, 2.24) is 5.32 Å². The summed E-state index contributed by atoms with van der Waals surface area (Å²) in [5, 5.41) is 23.9. The fourth-order valence-electron chi connectivity index (χ4n) is 3.37. The molecule has 0 radical (unpaired) electrons. The van der Waals surface area contributed by atoms with Crippen LogP contribution in [-0.4, -0.2) is 39.0 Å². The topological polar surface area (TPSA) is 197 Å². The number of ether oxygens (including phenoxy) is 2. The van der Waals surface area contributed by atoms with E-state index < -0.39 is 41.7 Å². The molecular weight excluding hydrogens is 561 g/mol. The lowest BCUT2D eigenvalue weighted by Crippen LogP contribution is -2.42. The summed E-state index contributed by atoms with van der Waals surface area (Å²) in [6, 6.07) is 17.8. The van der Waals surface area contributed by atoms with E-state index in [9.17, 15) is 39.3 Å². The lowest BCUT2D eigenvalue weighted by atomic mass is 10.2. The van der Waals surface area contributed by atoms with E-state index in [1.165, 1.54) is 48.5 Å². The summed E-state index contributed by atoms with van der Waals surface area (Å²) in [5.74, 6) is -0.935. The van der Waals surface area contributed by atoms with E-state index in [0.717, 1.165) is 0 Å². The zero-order valence-electron chi connectivity index (χ0n) is 21.5. The van der Waals surface area contributed by atoms with Crippen molar-refractivity contribution in [2.75, 3.05) is 6.16 Å². The second-order valence-electron chi connectivity index (χ2n) is 8.64. The van der Waals surface area contributed by atoms with Crippen molar-refractivity contribution >= 4 is 31.0 Å². The highest BCUT2D eigenvalue weighted by molar-refractivity contribution is 7.52. The summed E-state index contributed by atoms with van der Waals surface area (Å²) in [5.41, 5.74) is 1.24. The van der Waals surface area contributed by atoms with E-state index in [0.29, 0.717) is 16.7 Å². The highest BCUT2D eigenvalue weighted by atomic mass is 31.2. The quantitative estimate of drug-likeness (QED) is 0.115. The zero-order chi connectivity index (χ0) is 29.8. The minimum Gasteiger partial charge on any atom is -0.459 e. The molecule has 3 aromatic carbocycles. The zero-order valence-corrected chi connectivity index (χ0v) is 22.4. The molecule has 216 valence electrons. The van der Waals surface area contributed by atoms with Crippen molar-refractivity contribution in [3.63, 3.8) is 0 Å². The lowest BCUT2D eigenvalue weighted by Gasteiger charge is -2.19. The molecule has 0 saturated heterocycles. The number of non-ortho nitro benzene ring substituents is 2. The van der Waals surface area contributed by atoms with Gasteiger partial charge in [0.05, 0.1) is 22.6 Å². The minimum atomic E-state index is -4.28. The van der Waals surface area contributed by atoms with E-state index >= 15 is 0 Å². The summed E-state index contributed by atoms with van der Waals surface area (Å²) in [7, 11) is -4.28.